The second-order valence-electron chi connectivity index (χ2n) is 5.00. The Hall–Kier alpha value is -0.610. The monoisotopic (exact) mass is 227 g/mol. The third kappa shape index (κ3) is 1.64. The highest BCUT2D eigenvalue weighted by Gasteiger charge is 2.59. The minimum absolute atomic E-state index is 0.196. The Kier molecular flexibility index (Phi) is 3.22. The largest absolute Gasteiger partial charge is 0.465 e. The first-order valence-corrected chi connectivity index (χ1v) is 6.25. The maximum absolute atomic E-state index is 12.1. The molecule has 16 heavy (non-hydrogen) atoms. The fourth-order valence-electron chi connectivity index (χ4n) is 2.98. The van der Waals surface area contributed by atoms with Crippen molar-refractivity contribution in [2.75, 3.05) is 19.7 Å². The van der Waals surface area contributed by atoms with Gasteiger partial charge < -0.3 is 15.2 Å². The zero-order valence-electron chi connectivity index (χ0n) is 9.92. The van der Waals surface area contributed by atoms with Crippen LogP contribution < -0.4 is 5.32 Å². The molecular formula is C12H21NO3. The summed E-state index contributed by atoms with van der Waals surface area (Å²) in [5.41, 5.74) is -1.52. The molecule has 4 heteroatoms. The number of carbonyl (C=O) groups excluding carboxylic acids is 1. The van der Waals surface area contributed by atoms with E-state index in [0.29, 0.717) is 19.7 Å². The quantitative estimate of drug-likeness (QED) is 0.701. The van der Waals surface area contributed by atoms with Gasteiger partial charge in [0.25, 0.3) is 0 Å². The summed E-state index contributed by atoms with van der Waals surface area (Å²) in [7, 11) is 0. The highest BCUT2D eigenvalue weighted by Crippen LogP contribution is 2.47. The van der Waals surface area contributed by atoms with Gasteiger partial charge in [0.05, 0.1) is 12.0 Å². The molecule has 2 rings (SSSR count). The lowest BCUT2D eigenvalue weighted by atomic mass is 9.61. The van der Waals surface area contributed by atoms with Crippen LogP contribution in [0.4, 0.5) is 0 Å². The molecule has 4 nitrogen and oxygen atoms in total. The zero-order chi connectivity index (χ0) is 11.6. The minimum atomic E-state index is -0.875. The van der Waals surface area contributed by atoms with Crippen LogP contribution in [0, 0.1) is 5.41 Å². The summed E-state index contributed by atoms with van der Waals surface area (Å²) < 4.78 is 5.18. The van der Waals surface area contributed by atoms with E-state index < -0.39 is 11.0 Å². The lowest BCUT2D eigenvalue weighted by Crippen LogP contribution is -2.71. The molecule has 1 aliphatic carbocycles. The van der Waals surface area contributed by atoms with Crippen LogP contribution in [0.2, 0.25) is 0 Å². The van der Waals surface area contributed by atoms with Gasteiger partial charge in [-0.1, -0.05) is 19.3 Å². The maximum atomic E-state index is 12.1. The van der Waals surface area contributed by atoms with Crippen LogP contribution in [0.25, 0.3) is 0 Å². The molecule has 0 atom stereocenters. The summed E-state index contributed by atoms with van der Waals surface area (Å²) in [5, 5.41) is 13.6. The Balaban J connectivity index is 2.20. The number of hydrogen-bond donors (Lipinski definition) is 2. The molecule has 0 unspecified atom stereocenters. The molecule has 0 amide bonds. The van der Waals surface area contributed by atoms with Gasteiger partial charge >= 0.3 is 5.97 Å². The molecule has 92 valence electrons. The number of rotatable bonds is 3. The van der Waals surface area contributed by atoms with Gasteiger partial charge in [0.2, 0.25) is 0 Å². The van der Waals surface area contributed by atoms with Crippen LogP contribution in [0.15, 0.2) is 0 Å². The van der Waals surface area contributed by atoms with E-state index in [9.17, 15) is 9.90 Å². The third-order valence-electron chi connectivity index (χ3n) is 4.10. The normalized spacial score (nSPS) is 26.9. The summed E-state index contributed by atoms with van der Waals surface area (Å²) in [6.45, 7) is 3.25. The van der Waals surface area contributed by atoms with E-state index in [1.807, 2.05) is 6.92 Å². The fourth-order valence-corrected chi connectivity index (χ4v) is 2.98. The van der Waals surface area contributed by atoms with Crippen molar-refractivity contribution in [1.29, 1.82) is 0 Å². The van der Waals surface area contributed by atoms with Crippen LogP contribution in [0.3, 0.4) is 0 Å². The van der Waals surface area contributed by atoms with Gasteiger partial charge in [-0.25, -0.2) is 0 Å². The Morgan fingerprint density at radius 3 is 2.38 bits per heavy atom. The van der Waals surface area contributed by atoms with E-state index in [2.05, 4.69) is 5.32 Å². The first-order chi connectivity index (χ1) is 7.65. The first-order valence-electron chi connectivity index (χ1n) is 6.25. The van der Waals surface area contributed by atoms with Gasteiger partial charge in [-0.05, 0) is 19.8 Å². The van der Waals surface area contributed by atoms with Crippen LogP contribution in [-0.2, 0) is 9.53 Å². The summed E-state index contributed by atoms with van der Waals surface area (Å²) in [6, 6.07) is 0. The zero-order valence-corrected chi connectivity index (χ0v) is 9.92. The van der Waals surface area contributed by atoms with E-state index in [0.717, 1.165) is 32.1 Å². The number of esters is 1. The van der Waals surface area contributed by atoms with Crippen molar-refractivity contribution >= 4 is 5.97 Å². The number of nitrogens with one attached hydrogen (secondary N) is 1. The van der Waals surface area contributed by atoms with Gasteiger partial charge in [0, 0.05) is 13.1 Å². The Labute approximate surface area is 96.4 Å². The molecule has 0 spiro atoms. The molecular weight excluding hydrogens is 206 g/mol. The lowest BCUT2D eigenvalue weighted by Gasteiger charge is -2.52. The van der Waals surface area contributed by atoms with Gasteiger partial charge in [-0.15, -0.1) is 0 Å². The van der Waals surface area contributed by atoms with Gasteiger partial charge in [0.1, 0.15) is 5.60 Å². The maximum Gasteiger partial charge on any atom is 0.315 e. The van der Waals surface area contributed by atoms with Crippen molar-refractivity contribution in [3.63, 3.8) is 0 Å². The molecule has 0 radical (unpaired) electrons. The smallest absolute Gasteiger partial charge is 0.315 e. The molecule has 1 saturated carbocycles. The van der Waals surface area contributed by atoms with E-state index in [4.69, 9.17) is 4.74 Å². The lowest BCUT2D eigenvalue weighted by molar-refractivity contribution is -0.190. The molecule has 1 aliphatic heterocycles. The van der Waals surface area contributed by atoms with E-state index >= 15 is 0 Å². The van der Waals surface area contributed by atoms with Crippen LogP contribution >= 0.6 is 0 Å². The van der Waals surface area contributed by atoms with Crippen molar-refractivity contribution < 1.29 is 14.6 Å². The molecule has 2 fully saturated rings. The first kappa shape index (κ1) is 11.9. The SMILES string of the molecule is CCOC(=O)C1(C2(O)CNC2)CCCCC1. The molecule has 0 aromatic carbocycles. The predicted molar refractivity (Wildman–Crippen MR) is 60.0 cm³/mol. The van der Waals surface area contributed by atoms with Crippen molar-refractivity contribution in [1.82, 2.24) is 5.32 Å². The molecule has 1 saturated heterocycles. The van der Waals surface area contributed by atoms with Crippen molar-refractivity contribution in [3.8, 4) is 0 Å². The average Bonchev–Trinajstić information content (AvgIpc) is 2.27. The summed E-state index contributed by atoms with van der Waals surface area (Å²) >= 11 is 0. The van der Waals surface area contributed by atoms with E-state index in [1.165, 1.54) is 0 Å². The van der Waals surface area contributed by atoms with Crippen molar-refractivity contribution in [3.05, 3.63) is 0 Å². The van der Waals surface area contributed by atoms with Crippen molar-refractivity contribution in [2.45, 2.75) is 44.6 Å². The summed E-state index contributed by atoms with van der Waals surface area (Å²) in [4.78, 5) is 12.1. The second kappa shape index (κ2) is 4.34. The summed E-state index contributed by atoms with van der Waals surface area (Å²) in [6.07, 6.45) is 4.72. The second-order valence-corrected chi connectivity index (χ2v) is 5.00. The highest BCUT2D eigenvalue weighted by atomic mass is 16.5. The molecule has 2 N–H and O–H groups in total. The van der Waals surface area contributed by atoms with Crippen molar-refractivity contribution in [2.24, 2.45) is 5.41 Å². The minimum Gasteiger partial charge on any atom is -0.465 e. The molecule has 0 aromatic rings. The summed E-state index contributed by atoms with van der Waals surface area (Å²) in [5.74, 6) is -0.196. The van der Waals surface area contributed by atoms with E-state index in [1.54, 1.807) is 0 Å². The number of aliphatic hydroxyl groups is 1. The van der Waals surface area contributed by atoms with E-state index in [-0.39, 0.29) is 5.97 Å². The number of ether oxygens (including phenoxy) is 1. The Morgan fingerprint density at radius 2 is 1.94 bits per heavy atom. The highest BCUT2D eigenvalue weighted by molar-refractivity contribution is 5.79. The third-order valence-corrected chi connectivity index (χ3v) is 4.10. The predicted octanol–water partition coefficient (Wildman–Crippen LogP) is 0.834. The standard InChI is InChI=1S/C12H21NO3/c1-2-16-10(14)11(6-4-3-5-7-11)12(15)8-13-9-12/h13,15H,2-9H2,1H3. The Morgan fingerprint density at radius 1 is 1.31 bits per heavy atom. The molecule has 1 heterocycles. The van der Waals surface area contributed by atoms with Crippen LogP contribution in [0.5, 0.6) is 0 Å². The molecule has 2 aliphatic rings. The molecule has 0 bridgehead atoms. The van der Waals surface area contributed by atoms with Crippen LogP contribution in [-0.4, -0.2) is 36.4 Å². The molecule has 0 aromatic heterocycles. The van der Waals surface area contributed by atoms with Crippen LogP contribution in [0.1, 0.15) is 39.0 Å². The average molecular weight is 227 g/mol. The number of hydrogen-bond acceptors (Lipinski definition) is 4. The number of β-amino-alcohol motifs (C(OH)–C–C–N with tert-alkyl or cyclic N) is 1. The van der Waals surface area contributed by atoms with Gasteiger partial charge in [-0.2, -0.15) is 0 Å². The van der Waals surface area contributed by atoms with Gasteiger partial charge in [-0.3, -0.25) is 4.79 Å². The fraction of sp³-hybridized carbons (Fsp3) is 0.917. The number of carbonyl (C=O) groups is 1. The topological polar surface area (TPSA) is 58.6 Å². The van der Waals surface area contributed by atoms with Gasteiger partial charge in [0.15, 0.2) is 0 Å². The Bertz CT molecular complexity index is 267.